The van der Waals surface area contributed by atoms with Crippen LogP contribution in [0.4, 0.5) is 0 Å². The Morgan fingerprint density at radius 3 is 1.42 bits per heavy atom. The second-order valence-electron chi connectivity index (χ2n) is 5.17. The van der Waals surface area contributed by atoms with E-state index in [1.165, 1.54) is 10.4 Å². The van der Waals surface area contributed by atoms with Crippen molar-refractivity contribution >= 4 is 43.9 Å². The Morgan fingerprint density at radius 1 is 0.667 bits per heavy atom. The molecule has 0 unspecified atom stereocenters. The first-order valence-electron chi connectivity index (χ1n) is 8.86. The SMILES string of the molecule is CCO[SiH2]c1cc([SiH2]OCC)cc([Si](OCC)(OCC)OCC)c1. The van der Waals surface area contributed by atoms with Gasteiger partial charge in [0, 0.05) is 38.2 Å². The molecule has 24 heavy (non-hydrogen) atoms. The predicted molar refractivity (Wildman–Crippen MR) is 106 cm³/mol. The molecule has 0 aliphatic heterocycles. The Bertz CT molecular complexity index is 430. The number of benzene rings is 1. The van der Waals surface area contributed by atoms with Crippen molar-refractivity contribution in [1.82, 2.24) is 0 Å². The first-order chi connectivity index (χ1) is 11.7. The van der Waals surface area contributed by atoms with Gasteiger partial charge in [-0.1, -0.05) is 18.2 Å². The van der Waals surface area contributed by atoms with E-state index in [4.69, 9.17) is 22.1 Å². The summed E-state index contributed by atoms with van der Waals surface area (Å²) >= 11 is 0. The van der Waals surface area contributed by atoms with Crippen LogP contribution in [0.5, 0.6) is 0 Å². The summed E-state index contributed by atoms with van der Waals surface area (Å²) in [6.07, 6.45) is 0. The first-order valence-corrected chi connectivity index (χ1v) is 13.2. The Balaban J connectivity index is 3.26. The lowest BCUT2D eigenvalue weighted by molar-refractivity contribution is 0.0859. The third-order valence-electron chi connectivity index (χ3n) is 3.35. The minimum Gasteiger partial charge on any atom is -0.419 e. The van der Waals surface area contributed by atoms with E-state index < -0.39 is 28.3 Å². The molecule has 0 aliphatic carbocycles. The molecular formula is C16H32O5Si3. The summed E-state index contributed by atoms with van der Waals surface area (Å²) in [5, 5.41) is 3.56. The highest BCUT2D eigenvalue weighted by atomic mass is 28.4. The Labute approximate surface area is 152 Å². The van der Waals surface area contributed by atoms with E-state index >= 15 is 0 Å². The van der Waals surface area contributed by atoms with Crippen molar-refractivity contribution in [3.63, 3.8) is 0 Å². The lowest BCUT2D eigenvalue weighted by Gasteiger charge is -2.29. The number of rotatable bonds is 13. The minimum atomic E-state index is -2.88. The maximum absolute atomic E-state index is 6.06. The van der Waals surface area contributed by atoms with Gasteiger partial charge < -0.3 is 22.1 Å². The minimum absolute atomic E-state index is 0.567. The van der Waals surface area contributed by atoms with E-state index in [-0.39, 0.29) is 0 Å². The molecular weight excluding hydrogens is 356 g/mol. The van der Waals surface area contributed by atoms with E-state index in [9.17, 15) is 0 Å². The molecule has 0 radical (unpaired) electrons. The van der Waals surface area contributed by atoms with Crippen LogP contribution in [-0.4, -0.2) is 61.4 Å². The van der Waals surface area contributed by atoms with Crippen molar-refractivity contribution < 1.29 is 22.1 Å². The average Bonchev–Trinajstić information content (AvgIpc) is 2.58. The largest absolute Gasteiger partial charge is 0.537 e. The molecule has 0 atom stereocenters. The molecule has 0 aliphatic rings. The fourth-order valence-electron chi connectivity index (χ4n) is 2.49. The van der Waals surface area contributed by atoms with Gasteiger partial charge in [0.1, 0.15) is 0 Å². The smallest absolute Gasteiger partial charge is 0.419 e. The third-order valence-corrected chi connectivity index (χ3v) is 9.06. The highest BCUT2D eigenvalue weighted by molar-refractivity contribution is 6.76. The summed E-state index contributed by atoms with van der Waals surface area (Å²) in [4.78, 5) is 0. The van der Waals surface area contributed by atoms with Crippen molar-refractivity contribution in [2.45, 2.75) is 34.6 Å². The average molecular weight is 389 g/mol. The van der Waals surface area contributed by atoms with E-state index in [2.05, 4.69) is 18.2 Å². The summed E-state index contributed by atoms with van der Waals surface area (Å²) in [6.45, 7) is 13.2. The molecule has 0 heterocycles. The van der Waals surface area contributed by atoms with Gasteiger partial charge in [0.2, 0.25) is 0 Å². The Hall–Kier alpha value is -0.329. The maximum atomic E-state index is 6.06. The van der Waals surface area contributed by atoms with Crippen molar-refractivity contribution in [2.75, 3.05) is 33.0 Å². The van der Waals surface area contributed by atoms with Crippen LogP contribution in [0.15, 0.2) is 18.2 Å². The zero-order valence-corrected chi connectivity index (χ0v) is 19.6. The quantitative estimate of drug-likeness (QED) is 0.424. The molecule has 1 aromatic carbocycles. The first kappa shape index (κ1) is 21.7. The number of hydrogen-bond acceptors (Lipinski definition) is 5. The predicted octanol–water partition coefficient (Wildman–Crippen LogP) is -0.567. The standard InChI is InChI=1S/C16H32O5Si3/c1-6-17-22-14-11-15(23-18-7-2)13-16(12-14)24(19-8-3,20-9-4)21-10-5/h11-13H,6-10,22-23H2,1-5H3. The molecule has 0 amide bonds. The molecule has 0 fully saturated rings. The Morgan fingerprint density at radius 2 is 1.08 bits per heavy atom. The lowest BCUT2D eigenvalue weighted by atomic mass is 10.4. The van der Waals surface area contributed by atoms with Crippen molar-refractivity contribution in [2.24, 2.45) is 0 Å². The molecule has 1 aromatic rings. The molecule has 0 N–H and O–H groups in total. The third kappa shape index (κ3) is 6.52. The summed E-state index contributed by atoms with van der Waals surface area (Å²) in [5.41, 5.74) is 0. The van der Waals surface area contributed by atoms with Crippen LogP contribution in [0.1, 0.15) is 34.6 Å². The molecule has 0 bridgehead atoms. The zero-order chi connectivity index (χ0) is 17.8. The molecule has 0 saturated heterocycles. The van der Waals surface area contributed by atoms with Gasteiger partial charge in [-0.3, -0.25) is 0 Å². The normalized spacial score (nSPS) is 12.9. The summed E-state index contributed by atoms with van der Waals surface area (Å²) < 4.78 is 29.6. The van der Waals surface area contributed by atoms with Gasteiger partial charge >= 0.3 is 8.80 Å². The van der Waals surface area contributed by atoms with Gasteiger partial charge in [-0.15, -0.1) is 0 Å². The van der Waals surface area contributed by atoms with Gasteiger partial charge in [0.05, 0.1) is 0 Å². The monoisotopic (exact) mass is 388 g/mol. The van der Waals surface area contributed by atoms with E-state index in [0.29, 0.717) is 19.8 Å². The van der Waals surface area contributed by atoms with Crippen molar-refractivity contribution in [1.29, 1.82) is 0 Å². The van der Waals surface area contributed by atoms with Crippen LogP contribution in [-0.2, 0) is 22.1 Å². The van der Waals surface area contributed by atoms with Gasteiger partial charge in [-0.25, -0.2) is 0 Å². The second kappa shape index (κ2) is 12.1. The highest BCUT2D eigenvalue weighted by Gasteiger charge is 2.43. The molecule has 0 aromatic heterocycles. The lowest BCUT2D eigenvalue weighted by Crippen LogP contribution is -2.58. The second-order valence-corrected chi connectivity index (χ2v) is 10.8. The van der Waals surface area contributed by atoms with Gasteiger partial charge in [0.15, 0.2) is 19.5 Å². The Kier molecular flexibility index (Phi) is 10.9. The summed E-state index contributed by atoms with van der Waals surface area (Å²) in [5.74, 6) is 0. The van der Waals surface area contributed by atoms with Gasteiger partial charge in [0.25, 0.3) is 0 Å². The molecule has 5 nitrogen and oxygen atoms in total. The summed E-state index contributed by atoms with van der Waals surface area (Å²) in [7, 11) is -4.39. The van der Waals surface area contributed by atoms with Gasteiger partial charge in [-0.2, -0.15) is 0 Å². The number of hydrogen-bond donors (Lipinski definition) is 0. The van der Waals surface area contributed by atoms with Crippen molar-refractivity contribution in [3.8, 4) is 0 Å². The highest BCUT2D eigenvalue weighted by Crippen LogP contribution is 2.10. The van der Waals surface area contributed by atoms with Crippen LogP contribution < -0.4 is 15.6 Å². The van der Waals surface area contributed by atoms with Crippen LogP contribution in [0.3, 0.4) is 0 Å². The topological polar surface area (TPSA) is 46.2 Å². The molecule has 1 rings (SSSR count). The zero-order valence-electron chi connectivity index (χ0n) is 15.7. The fraction of sp³-hybridized carbons (Fsp3) is 0.625. The molecule has 8 heteroatoms. The summed E-state index contributed by atoms with van der Waals surface area (Å²) in [6, 6.07) is 6.56. The van der Waals surface area contributed by atoms with Crippen molar-refractivity contribution in [3.05, 3.63) is 18.2 Å². The van der Waals surface area contributed by atoms with E-state index in [1.807, 2.05) is 34.6 Å². The van der Waals surface area contributed by atoms with Crippen LogP contribution >= 0.6 is 0 Å². The maximum Gasteiger partial charge on any atom is 0.537 e. The van der Waals surface area contributed by atoms with Crippen LogP contribution in [0, 0.1) is 0 Å². The van der Waals surface area contributed by atoms with E-state index in [1.54, 1.807) is 0 Å². The van der Waals surface area contributed by atoms with Crippen LogP contribution in [0.25, 0.3) is 0 Å². The molecule has 0 saturated carbocycles. The molecule has 0 spiro atoms. The fourth-order valence-corrected chi connectivity index (χ4v) is 7.98. The molecule has 138 valence electrons. The van der Waals surface area contributed by atoms with Gasteiger partial charge in [-0.05, 0) is 45.0 Å². The van der Waals surface area contributed by atoms with Crippen LogP contribution in [0.2, 0.25) is 0 Å². The van der Waals surface area contributed by atoms with E-state index in [0.717, 1.165) is 18.4 Å².